The molecule has 0 bridgehead atoms. The molecule has 1 N–H and O–H groups in total. The summed E-state index contributed by atoms with van der Waals surface area (Å²) in [6.07, 6.45) is 0.363. The number of hydrogen-bond donors (Lipinski definition) is 1. The molecule has 1 aromatic rings. The van der Waals surface area contributed by atoms with Crippen molar-refractivity contribution in [2.75, 3.05) is 11.4 Å². The lowest BCUT2D eigenvalue weighted by Crippen LogP contribution is -2.26. The lowest BCUT2D eigenvalue weighted by Gasteiger charge is -2.20. The zero-order chi connectivity index (χ0) is 14.0. The van der Waals surface area contributed by atoms with Crippen molar-refractivity contribution in [3.8, 4) is 0 Å². The Morgan fingerprint density at radius 1 is 1.58 bits per heavy atom. The summed E-state index contributed by atoms with van der Waals surface area (Å²) in [5, 5.41) is 9.37. The highest BCUT2D eigenvalue weighted by atomic mass is 79.9. The summed E-state index contributed by atoms with van der Waals surface area (Å²) in [6.45, 7) is 1.90. The number of aliphatic hydroxyl groups excluding tert-OH is 1. The van der Waals surface area contributed by atoms with Crippen LogP contribution in [0.5, 0.6) is 0 Å². The van der Waals surface area contributed by atoms with Gasteiger partial charge >= 0.3 is 0 Å². The summed E-state index contributed by atoms with van der Waals surface area (Å²) < 4.78 is 0.857. The van der Waals surface area contributed by atoms with Crippen molar-refractivity contribution >= 4 is 44.4 Å². The lowest BCUT2D eigenvalue weighted by atomic mass is 10.1. The molecule has 1 aromatic carbocycles. The first-order chi connectivity index (χ1) is 9.01. The van der Waals surface area contributed by atoms with Crippen LogP contribution < -0.4 is 4.90 Å². The number of halogens is 1. The summed E-state index contributed by atoms with van der Waals surface area (Å²) in [6, 6.07) is 5.44. The molecular weight excluding hydrogens is 330 g/mol. The van der Waals surface area contributed by atoms with E-state index in [0.717, 1.165) is 4.47 Å². The van der Waals surface area contributed by atoms with Crippen LogP contribution in [0, 0.1) is 0 Å². The van der Waals surface area contributed by atoms with Crippen molar-refractivity contribution in [3.63, 3.8) is 0 Å². The van der Waals surface area contributed by atoms with Gasteiger partial charge < -0.3 is 10.0 Å². The highest BCUT2D eigenvalue weighted by molar-refractivity contribution is 9.10. The quantitative estimate of drug-likeness (QED) is 0.914. The van der Waals surface area contributed by atoms with Gasteiger partial charge in [-0.3, -0.25) is 9.59 Å². The number of benzene rings is 1. The molecule has 1 fully saturated rings. The molecule has 4 nitrogen and oxygen atoms in total. The SMILES string of the molecule is CC(=O)SC1CC(=O)N(c2cc(Br)ccc2CO)C1. The van der Waals surface area contributed by atoms with E-state index in [2.05, 4.69) is 15.9 Å². The average Bonchev–Trinajstić information content (AvgIpc) is 2.69. The zero-order valence-electron chi connectivity index (χ0n) is 10.4. The third-order valence-electron chi connectivity index (χ3n) is 2.93. The van der Waals surface area contributed by atoms with E-state index in [1.165, 1.54) is 18.7 Å². The fourth-order valence-corrected chi connectivity index (χ4v) is 3.41. The molecule has 102 valence electrons. The fourth-order valence-electron chi connectivity index (χ4n) is 2.14. The molecule has 1 saturated heterocycles. The molecule has 1 heterocycles. The van der Waals surface area contributed by atoms with Gasteiger partial charge in [0.15, 0.2) is 5.12 Å². The van der Waals surface area contributed by atoms with Gasteiger partial charge in [0.05, 0.1) is 12.3 Å². The van der Waals surface area contributed by atoms with Gasteiger partial charge in [0.1, 0.15) is 0 Å². The molecule has 0 aliphatic carbocycles. The third-order valence-corrected chi connectivity index (χ3v) is 4.40. The highest BCUT2D eigenvalue weighted by Crippen LogP contribution is 2.32. The number of thioether (sulfide) groups is 1. The fraction of sp³-hybridized carbons (Fsp3) is 0.385. The molecule has 0 spiro atoms. The number of nitrogens with zero attached hydrogens (tertiary/aromatic N) is 1. The molecule has 1 unspecified atom stereocenters. The second-order valence-electron chi connectivity index (χ2n) is 4.37. The number of carbonyl (C=O) groups is 2. The smallest absolute Gasteiger partial charge is 0.228 e. The van der Waals surface area contributed by atoms with Crippen LogP contribution in [0.3, 0.4) is 0 Å². The van der Waals surface area contributed by atoms with Gasteiger partial charge in [-0.15, -0.1) is 0 Å². The number of aliphatic hydroxyl groups is 1. The first kappa shape index (κ1) is 14.6. The van der Waals surface area contributed by atoms with Crippen LogP contribution in [-0.4, -0.2) is 27.9 Å². The predicted molar refractivity (Wildman–Crippen MR) is 79.1 cm³/mol. The standard InChI is InChI=1S/C13H14BrNO3S/c1-8(17)19-11-5-13(18)15(6-11)12-4-10(14)3-2-9(12)7-16/h2-4,11,16H,5-7H2,1H3. The number of rotatable bonds is 3. The van der Waals surface area contributed by atoms with E-state index in [1.54, 1.807) is 11.0 Å². The largest absolute Gasteiger partial charge is 0.392 e. The minimum Gasteiger partial charge on any atom is -0.392 e. The molecule has 1 amide bonds. The summed E-state index contributed by atoms with van der Waals surface area (Å²) in [7, 11) is 0. The normalized spacial score (nSPS) is 19.0. The van der Waals surface area contributed by atoms with Gasteiger partial charge in [0.25, 0.3) is 0 Å². The van der Waals surface area contributed by atoms with Crippen LogP contribution in [0.4, 0.5) is 5.69 Å². The monoisotopic (exact) mass is 343 g/mol. The molecule has 0 aromatic heterocycles. The Kier molecular flexibility index (Phi) is 4.65. The molecule has 6 heteroatoms. The summed E-state index contributed by atoms with van der Waals surface area (Å²) in [4.78, 5) is 24.8. The first-order valence-electron chi connectivity index (χ1n) is 5.88. The topological polar surface area (TPSA) is 57.6 Å². The Hall–Kier alpha value is -0.850. The molecule has 0 radical (unpaired) electrons. The van der Waals surface area contributed by atoms with Gasteiger partial charge in [0.2, 0.25) is 5.91 Å². The Bertz CT molecular complexity index is 521. The number of hydrogen-bond acceptors (Lipinski definition) is 4. The minimum absolute atomic E-state index is 0.00414. The van der Waals surface area contributed by atoms with Gasteiger partial charge in [-0.2, -0.15) is 0 Å². The van der Waals surface area contributed by atoms with E-state index >= 15 is 0 Å². The predicted octanol–water partition coefficient (Wildman–Crippen LogP) is 2.33. The Morgan fingerprint density at radius 2 is 2.32 bits per heavy atom. The van der Waals surface area contributed by atoms with Gasteiger partial charge in [-0.1, -0.05) is 33.8 Å². The van der Waals surface area contributed by atoms with E-state index in [0.29, 0.717) is 24.2 Å². The first-order valence-corrected chi connectivity index (χ1v) is 7.55. The van der Waals surface area contributed by atoms with Crippen molar-refractivity contribution in [1.29, 1.82) is 0 Å². The van der Waals surface area contributed by atoms with E-state index < -0.39 is 0 Å². The Labute approximate surface area is 124 Å². The van der Waals surface area contributed by atoms with E-state index in [1.807, 2.05) is 12.1 Å². The van der Waals surface area contributed by atoms with Crippen LogP contribution in [0.1, 0.15) is 18.9 Å². The van der Waals surface area contributed by atoms with Crippen molar-refractivity contribution in [2.45, 2.75) is 25.2 Å². The van der Waals surface area contributed by atoms with Crippen LogP contribution >= 0.6 is 27.7 Å². The molecule has 1 atom stereocenters. The molecule has 2 rings (SSSR count). The summed E-state index contributed by atoms with van der Waals surface area (Å²) in [5.41, 5.74) is 1.43. The molecule has 19 heavy (non-hydrogen) atoms. The maximum Gasteiger partial charge on any atom is 0.228 e. The number of amides is 1. The van der Waals surface area contributed by atoms with Crippen LogP contribution in [0.2, 0.25) is 0 Å². The number of anilines is 1. The third kappa shape index (κ3) is 3.38. The highest BCUT2D eigenvalue weighted by Gasteiger charge is 2.32. The van der Waals surface area contributed by atoms with Crippen molar-refractivity contribution in [1.82, 2.24) is 0 Å². The van der Waals surface area contributed by atoms with Crippen LogP contribution in [0.25, 0.3) is 0 Å². The van der Waals surface area contributed by atoms with Crippen LogP contribution in [-0.2, 0) is 16.2 Å². The van der Waals surface area contributed by atoms with E-state index in [4.69, 9.17) is 0 Å². The van der Waals surface area contributed by atoms with Gasteiger partial charge in [-0.25, -0.2) is 0 Å². The maximum absolute atomic E-state index is 12.1. The maximum atomic E-state index is 12.1. The van der Waals surface area contributed by atoms with E-state index in [9.17, 15) is 14.7 Å². The summed E-state index contributed by atoms with van der Waals surface area (Å²) in [5.74, 6) is -0.00782. The Morgan fingerprint density at radius 3 is 2.95 bits per heavy atom. The van der Waals surface area contributed by atoms with Crippen molar-refractivity contribution < 1.29 is 14.7 Å². The average molecular weight is 344 g/mol. The molecule has 1 aliphatic rings. The van der Waals surface area contributed by atoms with Crippen LogP contribution in [0.15, 0.2) is 22.7 Å². The van der Waals surface area contributed by atoms with Gasteiger partial charge in [-0.05, 0) is 12.1 Å². The molecule has 0 saturated carbocycles. The molecule has 1 aliphatic heterocycles. The second-order valence-corrected chi connectivity index (χ2v) is 6.76. The Balaban J connectivity index is 2.25. The zero-order valence-corrected chi connectivity index (χ0v) is 12.8. The molecular formula is C13H14BrNO3S. The summed E-state index contributed by atoms with van der Waals surface area (Å²) >= 11 is 4.58. The minimum atomic E-state index is -0.114. The van der Waals surface area contributed by atoms with E-state index in [-0.39, 0.29) is 22.9 Å². The lowest BCUT2D eigenvalue weighted by molar-refractivity contribution is -0.117. The second kappa shape index (κ2) is 6.07. The van der Waals surface area contributed by atoms with Crippen molar-refractivity contribution in [3.05, 3.63) is 28.2 Å². The van der Waals surface area contributed by atoms with Gasteiger partial charge in [0, 0.05) is 35.2 Å². The van der Waals surface area contributed by atoms with Crippen molar-refractivity contribution in [2.24, 2.45) is 0 Å². The number of carbonyl (C=O) groups excluding carboxylic acids is 2.